The number of esters is 1. The predicted octanol–water partition coefficient (Wildman–Crippen LogP) is 4.62. The number of amides is 1. The van der Waals surface area contributed by atoms with E-state index in [-0.39, 0.29) is 18.3 Å². The van der Waals surface area contributed by atoms with Gasteiger partial charge in [-0.1, -0.05) is 6.07 Å². The van der Waals surface area contributed by atoms with E-state index in [0.29, 0.717) is 37.4 Å². The van der Waals surface area contributed by atoms with Gasteiger partial charge in [-0.05, 0) is 64.1 Å². The van der Waals surface area contributed by atoms with Gasteiger partial charge in [0, 0.05) is 31.7 Å². The van der Waals surface area contributed by atoms with Crippen LogP contribution in [0.3, 0.4) is 0 Å². The van der Waals surface area contributed by atoms with Crippen molar-refractivity contribution in [2.24, 2.45) is 0 Å². The highest BCUT2D eigenvalue weighted by molar-refractivity contribution is 5.89. The Hall–Kier alpha value is -3.42. The Bertz CT molecular complexity index is 1010. The van der Waals surface area contributed by atoms with E-state index in [0.717, 1.165) is 5.69 Å². The zero-order valence-electron chi connectivity index (χ0n) is 19.5. The molecule has 1 aliphatic heterocycles. The molecule has 0 radical (unpaired) electrons. The second-order valence-electron chi connectivity index (χ2n) is 8.69. The molecule has 33 heavy (non-hydrogen) atoms. The maximum atomic E-state index is 14.3. The number of carbonyl (C=O) groups is 2. The number of benzene rings is 1. The monoisotopic (exact) mass is 455 g/mol. The third kappa shape index (κ3) is 6.78. The van der Waals surface area contributed by atoms with Gasteiger partial charge >= 0.3 is 12.1 Å². The Morgan fingerprint density at radius 3 is 2.39 bits per heavy atom. The second-order valence-corrected chi connectivity index (χ2v) is 8.69. The number of carbonyl (C=O) groups excluding carboxylic acids is 2. The van der Waals surface area contributed by atoms with Crippen LogP contribution in [-0.4, -0.2) is 60.3 Å². The number of aromatic nitrogens is 1. The number of piperazine rings is 1. The van der Waals surface area contributed by atoms with E-state index in [1.54, 1.807) is 30.2 Å². The molecule has 3 rings (SSSR count). The summed E-state index contributed by atoms with van der Waals surface area (Å²) in [7, 11) is 0. The van der Waals surface area contributed by atoms with Crippen molar-refractivity contribution in [3.05, 3.63) is 59.2 Å². The molecule has 0 bridgehead atoms. The largest absolute Gasteiger partial charge is 0.462 e. The molecule has 0 N–H and O–H groups in total. The number of pyridine rings is 1. The minimum Gasteiger partial charge on any atom is -0.462 e. The molecule has 1 saturated heterocycles. The maximum absolute atomic E-state index is 14.3. The summed E-state index contributed by atoms with van der Waals surface area (Å²) in [5.74, 6) is -1.05. The van der Waals surface area contributed by atoms with Crippen molar-refractivity contribution < 1.29 is 23.5 Å². The van der Waals surface area contributed by atoms with Gasteiger partial charge in [0.1, 0.15) is 11.4 Å². The van der Waals surface area contributed by atoms with E-state index in [1.165, 1.54) is 18.2 Å². The lowest BCUT2D eigenvalue weighted by Gasteiger charge is -2.36. The molecule has 0 spiro atoms. The van der Waals surface area contributed by atoms with Crippen LogP contribution in [0.25, 0.3) is 12.2 Å². The lowest BCUT2D eigenvalue weighted by molar-refractivity contribution is 0.0240. The number of nitrogens with zero attached hydrogens (tertiary/aromatic N) is 3. The molecular formula is C25H30FN3O4. The van der Waals surface area contributed by atoms with Crippen molar-refractivity contribution in [1.82, 2.24) is 9.88 Å². The summed E-state index contributed by atoms with van der Waals surface area (Å²) in [6.07, 6.45) is 4.81. The van der Waals surface area contributed by atoms with Gasteiger partial charge in [-0.25, -0.2) is 14.0 Å². The molecule has 7 nitrogen and oxygen atoms in total. The Balaban J connectivity index is 1.57. The van der Waals surface area contributed by atoms with E-state index in [4.69, 9.17) is 9.47 Å². The first kappa shape index (κ1) is 24.2. The van der Waals surface area contributed by atoms with Crippen molar-refractivity contribution in [1.29, 1.82) is 0 Å². The fourth-order valence-corrected chi connectivity index (χ4v) is 3.34. The lowest BCUT2D eigenvalue weighted by atomic mass is 10.1. The van der Waals surface area contributed by atoms with Gasteiger partial charge in [0.15, 0.2) is 0 Å². The lowest BCUT2D eigenvalue weighted by Crippen LogP contribution is -2.50. The Morgan fingerprint density at radius 2 is 1.82 bits per heavy atom. The van der Waals surface area contributed by atoms with Gasteiger partial charge in [0.05, 0.1) is 29.7 Å². The standard InChI is InChI=1S/C25H30FN3O4/c1-5-32-23(30)19-7-6-18(22(26)16-19)8-9-20-10-11-21(17-27-20)28-12-14-29(15-13-28)24(31)33-25(2,3)4/h6-11,16-17H,5,12-15H2,1-4H3/b9-8+. The van der Waals surface area contributed by atoms with Gasteiger partial charge in [-0.15, -0.1) is 0 Å². The number of anilines is 1. The molecule has 2 aromatic rings. The first-order valence-electron chi connectivity index (χ1n) is 11.0. The molecule has 0 saturated carbocycles. The Labute approximate surface area is 193 Å². The summed E-state index contributed by atoms with van der Waals surface area (Å²) in [6.45, 7) is 10.1. The number of hydrogen-bond donors (Lipinski definition) is 0. The zero-order valence-corrected chi connectivity index (χ0v) is 19.5. The Morgan fingerprint density at radius 1 is 1.09 bits per heavy atom. The molecular weight excluding hydrogens is 425 g/mol. The third-order valence-corrected chi connectivity index (χ3v) is 5.01. The summed E-state index contributed by atoms with van der Waals surface area (Å²) in [5, 5.41) is 0. The molecule has 1 aromatic heterocycles. The molecule has 0 unspecified atom stereocenters. The highest BCUT2D eigenvalue weighted by Gasteiger charge is 2.26. The van der Waals surface area contributed by atoms with Crippen LogP contribution in [0, 0.1) is 5.82 Å². The van der Waals surface area contributed by atoms with Crippen molar-refractivity contribution in [3.63, 3.8) is 0 Å². The van der Waals surface area contributed by atoms with E-state index < -0.39 is 17.4 Å². The van der Waals surface area contributed by atoms with Crippen LogP contribution in [-0.2, 0) is 9.47 Å². The van der Waals surface area contributed by atoms with Crippen LogP contribution in [0.2, 0.25) is 0 Å². The summed E-state index contributed by atoms with van der Waals surface area (Å²) < 4.78 is 24.6. The molecule has 2 heterocycles. The van der Waals surface area contributed by atoms with E-state index in [2.05, 4.69) is 9.88 Å². The number of halogens is 1. The van der Waals surface area contributed by atoms with Gasteiger partial charge in [0.2, 0.25) is 0 Å². The quantitative estimate of drug-likeness (QED) is 0.613. The van der Waals surface area contributed by atoms with E-state index in [9.17, 15) is 14.0 Å². The highest BCUT2D eigenvalue weighted by atomic mass is 19.1. The first-order chi connectivity index (χ1) is 15.7. The number of rotatable bonds is 5. The molecule has 1 aliphatic rings. The topological polar surface area (TPSA) is 72.0 Å². The van der Waals surface area contributed by atoms with Crippen LogP contribution < -0.4 is 4.90 Å². The molecule has 0 aliphatic carbocycles. The van der Waals surface area contributed by atoms with Gasteiger partial charge in [-0.2, -0.15) is 0 Å². The van der Waals surface area contributed by atoms with Crippen molar-refractivity contribution in [2.45, 2.75) is 33.3 Å². The molecule has 1 fully saturated rings. The fourth-order valence-electron chi connectivity index (χ4n) is 3.34. The smallest absolute Gasteiger partial charge is 0.410 e. The predicted molar refractivity (Wildman–Crippen MR) is 126 cm³/mol. The van der Waals surface area contributed by atoms with Gasteiger partial charge < -0.3 is 19.3 Å². The summed E-state index contributed by atoms with van der Waals surface area (Å²) >= 11 is 0. The fraction of sp³-hybridized carbons (Fsp3) is 0.400. The van der Waals surface area contributed by atoms with Crippen molar-refractivity contribution >= 4 is 29.9 Å². The van der Waals surface area contributed by atoms with Crippen LogP contribution in [0.15, 0.2) is 36.5 Å². The molecule has 1 aromatic carbocycles. The second kappa shape index (κ2) is 10.5. The zero-order chi connectivity index (χ0) is 24.0. The SMILES string of the molecule is CCOC(=O)c1ccc(/C=C/c2ccc(N3CCN(C(=O)OC(C)(C)C)CC3)cn2)c(F)c1. The van der Waals surface area contributed by atoms with Crippen LogP contribution >= 0.6 is 0 Å². The molecule has 0 atom stereocenters. The first-order valence-corrected chi connectivity index (χ1v) is 11.0. The third-order valence-electron chi connectivity index (χ3n) is 5.01. The number of ether oxygens (including phenoxy) is 2. The Kier molecular flexibility index (Phi) is 7.68. The molecule has 1 amide bonds. The molecule has 8 heteroatoms. The maximum Gasteiger partial charge on any atom is 0.410 e. The average Bonchev–Trinajstić information content (AvgIpc) is 2.78. The van der Waals surface area contributed by atoms with Crippen LogP contribution in [0.5, 0.6) is 0 Å². The summed E-state index contributed by atoms with van der Waals surface area (Å²) in [6, 6.07) is 8.06. The van der Waals surface area contributed by atoms with E-state index in [1.807, 2.05) is 32.9 Å². The van der Waals surface area contributed by atoms with Gasteiger partial charge in [-0.3, -0.25) is 4.98 Å². The van der Waals surface area contributed by atoms with Crippen molar-refractivity contribution in [3.8, 4) is 0 Å². The van der Waals surface area contributed by atoms with Crippen LogP contribution in [0.1, 0.15) is 49.3 Å². The van der Waals surface area contributed by atoms with Crippen LogP contribution in [0.4, 0.5) is 14.9 Å². The van der Waals surface area contributed by atoms with Crippen molar-refractivity contribution in [2.75, 3.05) is 37.7 Å². The minimum atomic E-state index is -0.545. The summed E-state index contributed by atoms with van der Waals surface area (Å²) in [4.78, 5) is 32.2. The summed E-state index contributed by atoms with van der Waals surface area (Å²) in [5.41, 5.74) is 1.67. The van der Waals surface area contributed by atoms with E-state index >= 15 is 0 Å². The van der Waals surface area contributed by atoms with Gasteiger partial charge in [0.25, 0.3) is 0 Å². The molecule has 176 valence electrons. The minimum absolute atomic E-state index is 0.181. The number of hydrogen-bond acceptors (Lipinski definition) is 6. The normalized spacial score (nSPS) is 14.5. The average molecular weight is 456 g/mol. The highest BCUT2D eigenvalue weighted by Crippen LogP contribution is 2.19.